The van der Waals surface area contributed by atoms with Gasteiger partial charge in [-0.2, -0.15) is 0 Å². The summed E-state index contributed by atoms with van der Waals surface area (Å²) in [5, 5.41) is 16.4. The molecule has 0 radical (unpaired) electrons. The summed E-state index contributed by atoms with van der Waals surface area (Å²) in [6.07, 6.45) is 0.843. The minimum atomic E-state index is -1.34. The molecule has 0 fully saturated rings. The molecule has 0 saturated heterocycles. The van der Waals surface area contributed by atoms with Gasteiger partial charge in [-0.25, -0.2) is 4.79 Å². The van der Waals surface area contributed by atoms with Crippen LogP contribution in [0.25, 0.3) is 0 Å². The Balaban J connectivity index is 0.000000293. The van der Waals surface area contributed by atoms with Crippen molar-refractivity contribution in [3.63, 3.8) is 0 Å². The second-order valence-corrected chi connectivity index (χ2v) is 3.04. The summed E-state index contributed by atoms with van der Waals surface area (Å²) in [5.41, 5.74) is 1.19. The van der Waals surface area contributed by atoms with E-state index < -0.39 is 11.8 Å². The van der Waals surface area contributed by atoms with Crippen LogP contribution in [0, 0.1) is 0 Å². The van der Waals surface area contributed by atoms with Gasteiger partial charge < -0.3 is 10.2 Å². The summed E-state index contributed by atoms with van der Waals surface area (Å²) in [6, 6.07) is 9.95. The van der Waals surface area contributed by atoms with Crippen LogP contribution >= 0.6 is 0 Å². The summed E-state index contributed by atoms with van der Waals surface area (Å²) in [4.78, 5) is 19.5. The Kier molecular flexibility index (Phi) is 7.71. The Hall–Kier alpha value is -1.68. The summed E-state index contributed by atoms with van der Waals surface area (Å²) in [6.45, 7) is 1.75. The SMILES string of the molecule is CCC(=O)C(=O)O.OCCc1ccccc1. The Morgan fingerprint density at radius 3 is 2.06 bits per heavy atom. The smallest absolute Gasteiger partial charge is 0.372 e. The van der Waals surface area contributed by atoms with Crippen molar-refractivity contribution in [1.82, 2.24) is 0 Å². The second-order valence-electron chi connectivity index (χ2n) is 3.04. The molecule has 0 atom stereocenters. The third-order valence-electron chi connectivity index (χ3n) is 1.80. The number of ketones is 1. The minimum absolute atomic E-state index is 0.0787. The largest absolute Gasteiger partial charge is 0.476 e. The van der Waals surface area contributed by atoms with E-state index in [0.29, 0.717) is 0 Å². The monoisotopic (exact) mass is 224 g/mol. The molecule has 1 aromatic carbocycles. The molecule has 0 spiro atoms. The van der Waals surface area contributed by atoms with Crippen molar-refractivity contribution >= 4 is 11.8 Å². The lowest BCUT2D eigenvalue weighted by molar-refractivity contribution is -0.148. The van der Waals surface area contributed by atoms with Crippen molar-refractivity contribution in [1.29, 1.82) is 0 Å². The zero-order chi connectivity index (χ0) is 12.4. The number of Topliss-reactive ketones (excluding diaryl/α,β-unsaturated/α-hetero) is 1. The second kappa shape index (κ2) is 8.61. The van der Waals surface area contributed by atoms with Crippen molar-refractivity contribution in [2.75, 3.05) is 6.61 Å². The molecule has 0 unspecified atom stereocenters. The zero-order valence-electron chi connectivity index (χ0n) is 9.22. The molecule has 2 N–H and O–H groups in total. The van der Waals surface area contributed by atoms with Crippen LogP contribution in [0.15, 0.2) is 30.3 Å². The normalized spacial score (nSPS) is 8.88. The van der Waals surface area contributed by atoms with Gasteiger partial charge in [-0.3, -0.25) is 4.79 Å². The standard InChI is InChI=1S/C8H10O.C4H6O3/c9-7-6-8-4-2-1-3-5-8;1-2-3(5)4(6)7/h1-5,9H,6-7H2;2H2,1H3,(H,6,7). The highest BCUT2D eigenvalue weighted by Gasteiger charge is 2.05. The number of aliphatic hydroxyl groups excluding tert-OH is 1. The summed E-state index contributed by atoms with van der Waals surface area (Å²) in [7, 11) is 0. The topological polar surface area (TPSA) is 74.6 Å². The van der Waals surface area contributed by atoms with E-state index in [1.165, 1.54) is 12.5 Å². The Labute approximate surface area is 94.5 Å². The fourth-order valence-electron chi connectivity index (χ4n) is 0.925. The highest BCUT2D eigenvalue weighted by atomic mass is 16.4. The highest BCUT2D eigenvalue weighted by molar-refractivity contribution is 6.32. The lowest BCUT2D eigenvalue weighted by Crippen LogP contribution is -2.09. The summed E-state index contributed by atoms with van der Waals surface area (Å²) in [5.74, 6) is -2.08. The van der Waals surface area contributed by atoms with Crippen molar-refractivity contribution in [3.05, 3.63) is 35.9 Å². The average Bonchev–Trinajstić information content (AvgIpc) is 2.30. The fraction of sp³-hybridized carbons (Fsp3) is 0.333. The molecular weight excluding hydrogens is 208 g/mol. The first-order valence-electron chi connectivity index (χ1n) is 5.02. The molecule has 0 aliphatic heterocycles. The average molecular weight is 224 g/mol. The Bertz CT molecular complexity index is 319. The molecule has 0 aliphatic rings. The van der Waals surface area contributed by atoms with E-state index in [4.69, 9.17) is 10.2 Å². The third kappa shape index (κ3) is 6.73. The summed E-state index contributed by atoms with van der Waals surface area (Å²) >= 11 is 0. The van der Waals surface area contributed by atoms with E-state index >= 15 is 0 Å². The van der Waals surface area contributed by atoms with Gasteiger partial charge in [-0.1, -0.05) is 37.3 Å². The number of carbonyl (C=O) groups excluding carboxylic acids is 1. The molecule has 0 aromatic heterocycles. The molecule has 16 heavy (non-hydrogen) atoms. The van der Waals surface area contributed by atoms with Gasteiger partial charge in [-0.05, 0) is 12.0 Å². The van der Waals surface area contributed by atoms with Crippen LogP contribution in [0.4, 0.5) is 0 Å². The van der Waals surface area contributed by atoms with Crippen molar-refractivity contribution in [2.45, 2.75) is 19.8 Å². The molecule has 0 bridgehead atoms. The lowest BCUT2D eigenvalue weighted by atomic mass is 10.2. The predicted molar refractivity (Wildman–Crippen MR) is 60.2 cm³/mol. The molecule has 4 nitrogen and oxygen atoms in total. The predicted octanol–water partition coefficient (Wildman–Crippen LogP) is 1.27. The fourth-order valence-corrected chi connectivity index (χ4v) is 0.925. The molecule has 88 valence electrons. The number of aliphatic carboxylic acids is 1. The summed E-state index contributed by atoms with van der Waals surface area (Å²) < 4.78 is 0. The van der Waals surface area contributed by atoms with Gasteiger partial charge in [-0.15, -0.1) is 0 Å². The van der Waals surface area contributed by atoms with E-state index in [0.717, 1.165) is 6.42 Å². The molecule has 0 heterocycles. The number of carboxylic acids is 1. The van der Waals surface area contributed by atoms with E-state index in [-0.39, 0.29) is 13.0 Å². The zero-order valence-corrected chi connectivity index (χ0v) is 9.22. The van der Waals surface area contributed by atoms with Crippen LogP contribution < -0.4 is 0 Å². The van der Waals surface area contributed by atoms with E-state index in [2.05, 4.69) is 0 Å². The first-order valence-corrected chi connectivity index (χ1v) is 5.02. The number of hydrogen-bond acceptors (Lipinski definition) is 3. The number of carbonyl (C=O) groups is 2. The molecule has 0 amide bonds. The molecular formula is C12H16O4. The molecule has 1 aromatic rings. The Morgan fingerprint density at radius 2 is 1.75 bits per heavy atom. The number of rotatable bonds is 4. The van der Waals surface area contributed by atoms with E-state index in [1.54, 1.807) is 0 Å². The maximum atomic E-state index is 9.91. The van der Waals surface area contributed by atoms with Gasteiger partial charge in [0.1, 0.15) is 0 Å². The van der Waals surface area contributed by atoms with Gasteiger partial charge in [0.05, 0.1) is 0 Å². The van der Waals surface area contributed by atoms with Crippen molar-refractivity contribution in [2.24, 2.45) is 0 Å². The van der Waals surface area contributed by atoms with Crippen LogP contribution in [-0.4, -0.2) is 28.6 Å². The van der Waals surface area contributed by atoms with Crippen molar-refractivity contribution < 1.29 is 19.8 Å². The third-order valence-corrected chi connectivity index (χ3v) is 1.80. The minimum Gasteiger partial charge on any atom is -0.476 e. The van der Waals surface area contributed by atoms with Crippen LogP contribution in [-0.2, 0) is 16.0 Å². The molecule has 4 heteroatoms. The van der Waals surface area contributed by atoms with E-state index in [1.807, 2.05) is 30.3 Å². The van der Waals surface area contributed by atoms with E-state index in [9.17, 15) is 9.59 Å². The first kappa shape index (κ1) is 14.3. The maximum absolute atomic E-state index is 9.91. The highest BCUT2D eigenvalue weighted by Crippen LogP contribution is 1.97. The van der Waals surface area contributed by atoms with Gasteiger partial charge in [0, 0.05) is 13.0 Å². The first-order chi connectivity index (χ1) is 7.61. The number of carboxylic acid groups (broad SMARTS) is 1. The van der Waals surface area contributed by atoms with Crippen LogP contribution in [0.1, 0.15) is 18.9 Å². The van der Waals surface area contributed by atoms with Crippen LogP contribution in [0.3, 0.4) is 0 Å². The van der Waals surface area contributed by atoms with Gasteiger partial charge in [0.15, 0.2) is 0 Å². The van der Waals surface area contributed by atoms with Crippen LogP contribution in [0.2, 0.25) is 0 Å². The van der Waals surface area contributed by atoms with Gasteiger partial charge >= 0.3 is 5.97 Å². The number of benzene rings is 1. The number of hydrogen-bond donors (Lipinski definition) is 2. The molecule has 0 aliphatic carbocycles. The molecule has 1 rings (SSSR count). The molecule has 0 saturated carbocycles. The maximum Gasteiger partial charge on any atom is 0.372 e. The number of aliphatic hydroxyl groups is 1. The lowest BCUT2D eigenvalue weighted by Gasteiger charge is -1.93. The van der Waals surface area contributed by atoms with Gasteiger partial charge in [0.25, 0.3) is 0 Å². The van der Waals surface area contributed by atoms with Crippen LogP contribution in [0.5, 0.6) is 0 Å². The van der Waals surface area contributed by atoms with Crippen molar-refractivity contribution in [3.8, 4) is 0 Å². The van der Waals surface area contributed by atoms with Gasteiger partial charge in [0.2, 0.25) is 5.78 Å². The Morgan fingerprint density at radius 1 is 1.19 bits per heavy atom. The quantitative estimate of drug-likeness (QED) is 0.755.